The van der Waals surface area contributed by atoms with Crippen LogP contribution >= 0.6 is 23.2 Å². The number of nitrogens with zero attached hydrogens (tertiary/aromatic N) is 2. The van der Waals surface area contributed by atoms with E-state index in [4.69, 9.17) is 23.2 Å². The lowest BCUT2D eigenvalue weighted by Gasteiger charge is -2.18. The first-order valence-electron chi connectivity index (χ1n) is 6.67. The lowest BCUT2D eigenvalue weighted by molar-refractivity contribution is -0.125. The molecule has 0 aliphatic carbocycles. The van der Waals surface area contributed by atoms with Crippen LogP contribution in [-0.4, -0.2) is 48.9 Å². The number of rotatable bonds is 2. The molecule has 1 aromatic carbocycles. The molecule has 1 fully saturated rings. The van der Waals surface area contributed by atoms with E-state index in [1.165, 1.54) is 0 Å². The molecule has 1 aliphatic heterocycles. The maximum atomic E-state index is 12.2. The molecule has 3 nitrogen and oxygen atoms in total. The summed E-state index contributed by atoms with van der Waals surface area (Å²) in [5.74, 6) is 0.0244. The van der Waals surface area contributed by atoms with Gasteiger partial charge in [0, 0.05) is 25.7 Å². The van der Waals surface area contributed by atoms with E-state index in [9.17, 15) is 4.79 Å². The van der Waals surface area contributed by atoms with Gasteiger partial charge in [-0.1, -0.05) is 35.3 Å². The Balaban J connectivity index is 2.03. The number of carbonyl (C=O) groups is 1. The standard InChI is InChI=1S/C15H18Cl2N2O/c1-18-8-3-9-19(11-10-18)14(20)7-6-12-4-2-5-13(16)15(12)17/h2,4-7H,3,8-11H2,1H3/b7-6+. The van der Waals surface area contributed by atoms with Gasteiger partial charge in [-0.05, 0) is 37.7 Å². The van der Waals surface area contributed by atoms with Gasteiger partial charge in [-0.15, -0.1) is 0 Å². The molecule has 0 unspecified atom stereocenters. The Kier molecular flexibility index (Phi) is 5.46. The van der Waals surface area contributed by atoms with Gasteiger partial charge >= 0.3 is 0 Å². The Bertz CT molecular complexity index is 517. The second-order valence-corrected chi connectivity index (χ2v) is 5.74. The molecule has 0 atom stereocenters. The average molecular weight is 313 g/mol. The van der Waals surface area contributed by atoms with Crippen molar-refractivity contribution in [1.29, 1.82) is 0 Å². The number of halogens is 2. The van der Waals surface area contributed by atoms with Gasteiger partial charge in [0.05, 0.1) is 10.0 Å². The molecule has 20 heavy (non-hydrogen) atoms. The molecule has 1 heterocycles. The third-order valence-electron chi connectivity index (χ3n) is 3.42. The zero-order valence-corrected chi connectivity index (χ0v) is 13.0. The highest BCUT2D eigenvalue weighted by molar-refractivity contribution is 6.42. The van der Waals surface area contributed by atoms with Crippen LogP contribution in [0.5, 0.6) is 0 Å². The van der Waals surface area contributed by atoms with E-state index in [1.807, 2.05) is 17.0 Å². The SMILES string of the molecule is CN1CCCN(C(=O)/C=C/c2cccc(Cl)c2Cl)CC1. The Morgan fingerprint density at radius 1 is 1.20 bits per heavy atom. The van der Waals surface area contributed by atoms with Crippen molar-refractivity contribution >= 4 is 35.2 Å². The van der Waals surface area contributed by atoms with Crippen LogP contribution in [0.15, 0.2) is 24.3 Å². The summed E-state index contributed by atoms with van der Waals surface area (Å²) in [4.78, 5) is 16.3. The van der Waals surface area contributed by atoms with E-state index in [0.29, 0.717) is 10.0 Å². The fraction of sp³-hybridized carbons (Fsp3) is 0.400. The fourth-order valence-corrected chi connectivity index (χ4v) is 2.55. The van der Waals surface area contributed by atoms with Crippen LogP contribution in [0.2, 0.25) is 10.0 Å². The van der Waals surface area contributed by atoms with Crippen molar-refractivity contribution in [3.05, 3.63) is 39.9 Å². The van der Waals surface area contributed by atoms with Crippen molar-refractivity contribution < 1.29 is 4.79 Å². The third-order valence-corrected chi connectivity index (χ3v) is 4.25. The Hall–Kier alpha value is -1.03. The van der Waals surface area contributed by atoms with Crippen molar-refractivity contribution in [1.82, 2.24) is 9.80 Å². The van der Waals surface area contributed by atoms with Crippen molar-refractivity contribution in [2.24, 2.45) is 0 Å². The van der Waals surface area contributed by atoms with E-state index < -0.39 is 0 Å². The minimum absolute atomic E-state index is 0.0244. The predicted octanol–water partition coefficient (Wildman–Crippen LogP) is 3.17. The molecule has 108 valence electrons. The second-order valence-electron chi connectivity index (χ2n) is 4.96. The fourth-order valence-electron chi connectivity index (χ4n) is 2.18. The summed E-state index contributed by atoms with van der Waals surface area (Å²) in [5, 5.41) is 0.978. The van der Waals surface area contributed by atoms with E-state index in [1.54, 1.807) is 18.2 Å². The van der Waals surface area contributed by atoms with Gasteiger partial charge in [-0.25, -0.2) is 0 Å². The van der Waals surface area contributed by atoms with Crippen molar-refractivity contribution in [2.75, 3.05) is 33.2 Å². The summed E-state index contributed by atoms with van der Waals surface area (Å²) in [7, 11) is 2.08. The van der Waals surface area contributed by atoms with Crippen LogP contribution in [0.1, 0.15) is 12.0 Å². The molecule has 5 heteroatoms. The van der Waals surface area contributed by atoms with Crippen LogP contribution in [0.25, 0.3) is 6.08 Å². The number of amides is 1. The summed E-state index contributed by atoms with van der Waals surface area (Å²) >= 11 is 12.0. The first kappa shape index (κ1) is 15.4. The van der Waals surface area contributed by atoms with E-state index in [2.05, 4.69) is 11.9 Å². The molecule has 1 aliphatic rings. The molecular weight excluding hydrogens is 295 g/mol. The van der Waals surface area contributed by atoms with Gasteiger partial charge < -0.3 is 9.80 Å². The number of hydrogen-bond donors (Lipinski definition) is 0. The van der Waals surface area contributed by atoms with Crippen molar-refractivity contribution in [3.8, 4) is 0 Å². The van der Waals surface area contributed by atoms with Crippen LogP contribution in [0.3, 0.4) is 0 Å². The summed E-state index contributed by atoms with van der Waals surface area (Å²) in [6, 6.07) is 5.39. The highest BCUT2D eigenvalue weighted by atomic mass is 35.5. The zero-order chi connectivity index (χ0) is 14.5. The van der Waals surface area contributed by atoms with Crippen LogP contribution in [0.4, 0.5) is 0 Å². The van der Waals surface area contributed by atoms with Gasteiger partial charge in [0.1, 0.15) is 0 Å². The van der Waals surface area contributed by atoms with E-state index >= 15 is 0 Å². The molecule has 0 bridgehead atoms. The molecule has 2 rings (SSSR count). The third kappa shape index (κ3) is 3.98. The van der Waals surface area contributed by atoms with Crippen LogP contribution < -0.4 is 0 Å². The minimum Gasteiger partial charge on any atom is -0.338 e. The first-order chi connectivity index (χ1) is 9.58. The number of likely N-dealkylation sites (N-methyl/N-ethyl adjacent to an activating group) is 1. The van der Waals surface area contributed by atoms with Gasteiger partial charge in [0.25, 0.3) is 0 Å². The first-order valence-corrected chi connectivity index (χ1v) is 7.43. The molecular formula is C15H18Cl2N2O. The quantitative estimate of drug-likeness (QED) is 0.783. The summed E-state index contributed by atoms with van der Waals surface area (Å²) in [6.45, 7) is 3.52. The maximum absolute atomic E-state index is 12.2. The van der Waals surface area contributed by atoms with E-state index in [-0.39, 0.29) is 5.91 Å². The highest BCUT2D eigenvalue weighted by Crippen LogP contribution is 2.26. The number of carbonyl (C=O) groups excluding carboxylic acids is 1. The number of benzene rings is 1. The Morgan fingerprint density at radius 3 is 2.80 bits per heavy atom. The molecule has 0 aromatic heterocycles. The molecule has 1 amide bonds. The largest absolute Gasteiger partial charge is 0.338 e. The van der Waals surface area contributed by atoms with Crippen LogP contribution in [-0.2, 0) is 4.79 Å². The average Bonchev–Trinajstić information content (AvgIpc) is 2.65. The smallest absolute Gasteiger partial charge is 0.246 e. The Labute approximate surface area is 129 Å². The zero-order valence-electron chi connectivity index (χ0n) is 11.5. The molecule has 0 radical (unpaired) electrons. The molecule has 0 spiro atoms. The predicted molar refractivity (Wildman–Crippen MR) is 84.2 cm³/mol. The molecule has 0 saturated carbocycles. The normalized spacial score (nSPS) is 17.4. The van der Waals surface area contributed by atoms with Gasteiger partial charge in [-0.2, -0.15) is 0 Å². The van der Waals surface area contributed by atoms with Crippen LogP contribution in [0, 0.1) is 0 Å². The molecule has 1 aromatic rings. The lowest BCUT2D eigenvalue weighted by Crippen LogP contribution is -2.33. The summed E-state index contributed by atoms with van der Waals surface area (Å²) < 4.78 is 0. The summed E-state index contributed by atoms with van der Waals surface area (Å²) in [6.07, 6.45) is 4.31. The number of hydrogen-bond acceptors (Lipinski definition) is 2. The van der Waals surface area contributed by atoms with Gasteiger partial charge in [0.15, 0.2) is 0 Å². The molecule has 0 N–H and O–H groups in total. The lowest BCUT2D eigenvalue weighted by atomic mass is 10.2. The van der Waals surface area contributed by atoms with Gasteiger partial charge in [0.2, 0.25) is 5.91 Å². The highest BCUT2D eigenvalue weighted by Gasteiger charge is 2.15. The topological polar surface area (TPSA) is 23.6 Å². The maximum Gasteiger partial charge on any atom is 0.246 e. The Morgan fingerprint density at radius 2 is 2.00 bits per heavy atom. The van der Waals surface area contributed by atoms with E-state index in [0.717, 1.165) is 38.2 Å². The second kappa shape index (κ2) is 7.11. The minimum atomic E-state index is 0.0244. The van der Waals surface area contributed by atoms with Crippen molar-refractivity contribution in [2.45, 2.75) is 6.42 Å². The monoisotopic (exact) mass is 312 g/mol. The molecule has 1 saturated heterocycles. The summed E-state index contributed by atoms with van der Waals surface area (Å²) in [5.41, 5.74) is 0.763. The van der Waals surface area contributed by atoms with Gasteiger partial charge in [-0.3, -0.25) is 4.79 Å². The van der Waals surface area contributed by atoms with Crippen molar-refractivity contribution in [3.63, 3.8) is 0 Å².